The molecule has 7 nitrogen and oxygen atoms in total. The maximum Gasteiger partial charge on any atom is 0.330 e. The summed E-state index contributed by atoms with van der Waals surface area (Å²) in [6.07, 6.45) is 1.53. The lowest BCUT2D eigenvalue weighted by atomic mass is 10.2. The number of rotatable bonds is 7. The Bertz CT molecular complexity index is 840. The number of likely N-dealkylation sites (N-methyl/N-ethyl adjacent to an activating group) is 1. The number of ether oxygens (including phenoxy) is 1. The molecule has 1 aromatic carbocycles. The Morgan fingerprint density at radius 1 is 1.21 bits per heavy atom. The van der Waals surface area contributed by atoms with Gasteiger partial charge in [0.2, 0.25) is 5.91 Å². The van der Waals surface area contributed by atoms with Gasteiger partial charge in [0.15, 0.2) is 6.61 Å². The molecular weight excluding hydrogens is 392 g/mol. The third kappa shape index (κ3) is 5.00. The van der Waals surface area contributed by atoms with Gasteiger partial charge in [-0.1, -0.05) is 30.3 Å². The first kappa shape index (κ1) is 21.0. The van der Waals surface area contributed by atoms with Crippen LogP contribution in [0.3, 0.4) is 0 Å². The van der Waals surface area contributed by atoms with Crippen LogP contribution in [0.15, 0.2) is 53.1 Å². The summed E-state index contributed by atoms with van der Waals surface area (Å²) in [4.78, 5) is 40.4. The van der Waals surface area contributed by atoms with Crippen molar-refractivity contribution in [1.82, 2.24) is 9.80 Å². The van der Waals surface area contributed by atoms with Gasteiger partial charge in [0, 0.05) is 25.8 Å². The van der Waals surface area contributed by atoms with E-state index in [1.54, 1.807) is 17.0 Å². The van der Waals surface area contributed by atoms with Gasteiger partial charge in [-0.2, -0.15) is 0 Å². The van der Waals surface area contributed by atoms with E-state index in [0.717, 1.165) is 5.56 Å². The number of nitrogens with zero attached hydrogens (tertiary/aromatic N) is 2. The van der Waals surface area contributed by atoms with Crippen molar-refractivity contribution in [2.24, 2.45) is 0 Å². The van der Waals surface area contributed by atoms with E-state index in [0.29, 0.717) is 24.6 Å². The second-order valence-electron chi connectivity index (χ2n) is 6.64. The van der Waals surface area contributed by atoms with E-state index in [1.807, 2.05) is 37.3 Å². The predicted octanol–water partition coefficient (Wildman–Crippen LogP) is 2.83. The summed E-state index contributed by atoms with van der Waals surface area (Å²) < 4.78 is 10.7. The Morgan fingerprint density at radius 3 is 2.59 bits per heavy atom. The van der Waals surface area contributed by atoms with Crippen LogP contribution < -0.4 is 0 Å². The highest BCUT2D eigenvalue weighted by Gasteiger charge is 2.43. The molecule has 0 saturated carbocycles. The van der Waals surface area contributed by atoms with E-state index < -0.39 is 12.0 Å². The molecule has 0 N–H and O–H groups in total. The number of furan rings is 1. The van der Waals surface area contributed by atoms with Crippen molar-refractivity contribution in [3.63, 3.8) is 0 Å². The first-order valence-corrected chi connectivity index (χ1v) is 10.5. The molecular formula is C21H24N2O5S. The standard InChI is InChI=1S/C21H24N2O5S/c1-3-22(12-16-8-5-4-6-9-16)19(25)13-28-21(26)17-14-29-20(23(17)15(2)24)18-10-7-11-27-18/h4-11,17,20H,3,12-14H2,1-2H3/t17-,20+/m0/s1. The third-order valence-electron chi connectivity index (χ3n) is 4.71. The molecule has 0 spiro atoms. The molecule has 3 rings (SSSR count). The molecule has 29 heavy (non-hydrogen) atoms. The van der Waals surface area contributed by atoms with Crippen LogP contribution in [0.25, 0.3) is 0 Å². The first-order valence-electron chi connectivity index (χ1n) is 9.43. The van der Waals surface area contributed by atoms with Gasteiger partial charge in [-0.3, -0.25) is 9.59 Å². The fourth-order valence-corrected chi connectivity index (χ4v) is 4.64. The fraction of sp³-hybridized carbons (Fsp3) is 0.381. The Morgan fingerprint density at radius 2 is 1.97 bits per heavy atom. The van der Waals surface area contributed by atoms with Crippen molar-refractivity contribution in [3.05, 3.63) is 60.1 Å². The molecule has 0 unspecified atom stereocenters. The Kier molecular flexibility index (Phi) is 6.98. The summed E-state index contributed by atoms with van der Waals surface area (Å²) in [6, 6.07) is 12.4. The summed E-state index contributed by atoms with van der Waals surface area (Å²) in [5, 5.41) is -0.374. The van der Waals surface area contributed by atoms with Crippen molar-refractivity contribution in [2.75, 3.05) is 18.9 Å². The molecule has 1 fully saturated rings. The van der Waals surface area contributed by atoms with Crippen molar-refractivity contribution >= 4 is 29.5 Å². The van der Waals surface area contributed by atoms with Crippen LogP contribution in [0.5, 0.6) is 0 Å². The number of thioether (sulfide) groups is 1. The second kappa shape index (κ2) is 9.65. The summed E-state index contributed by atoms with van der Waals surface area (Å²) in [5.74, 6) is -0.0989. The molecule has 2 aromatic rings. The molecule has 1 aliphatic rings. The maximum absolute atomic E-state index is 12.6. The highest BCUT2D eigenvalue weighted by Crippen LogP contribution is 2.41. The number of esters is 1. The van der Waals surface area contributed by atoms with E-state index in [9.17, 15) is 14.4 Å². The molecule has 1 aromatic heterocycles. The van der Waals surface area contributed by atoms with Gasteiger partial charge >= 0.3 is 5.97 Å². The lowest BCUT2D eigenvalue weighted by Crippen LogP contribution is -2.44. The molecule has 1 saturated heterocycles. The molecule has 0 bridgehead atoms. The number of carbonyl (C=O) groups excluding carboxylic acids is 3. The topological polar surface area (TPSA) is 80.1 Å². The van der Waals surface area contributed by atoms with Gasteiger partial charge in [0.1, 0.15) is 17.2 Å². The van der Waals surface area contributed by atoms with Crippen molar-refractivity contribution in [1.29, 1.82) is 0 Å². The first-order chi connectivity index (χ1) is 14.0. The van der Waals surface area contributed by atoms with Crippen LogP contribution in [0.4, 0.5) is 0 Å². The monoisotopic (exact) mass is 416 g/mol. The maximum atomic E-state index is 12.6. The highest BCUT2D eigenvalue weighted by atomic mass is 32.2. The van der Waals surface area contributed by atoms with Crippen LogP contribution in [-0.4, -0.2) is 52.5 Å². The van der Waals surface area contributed by atoms with Crippen LogP contribution in [-0.2, 0) is 25.7 Å². The average molecular weight is 416 g/mol. The molecule has 154 valence electrons. The minimum Gasteiger partial charge on any atom is -0.466 e. The van der Waals surface area contributed by atoms with E-state index in [2.05, 4.69) is 0 Å². The Hall–Kier alpha value is -2.74. The third-order valence-corrected chi connectivity index (χ3v) is 5.99. The lowest BCUT2D eigenvalue weighted by molar-refractivity contribution is -0.158. The zero-order valence-corrected chi connectivity index (χ0v) is 17.3. The average Bonchev–Trinajstić information content (AvgIpc) is 3.40. The lowest BCUT2D eigenvalue weighted by Gasteiger charge is -2.26. The second-order valence-corrected chi connectivity index (χ2v) is 7.76. The Balaban J connectivity index is 1.59. The van der Waals surface area contributed by atoms with Crippen molar-refractivity contribution in [2.45, 2.75) is 31.8 Å². The predicted molar refractivity (Wildman–Crippen MR) is 109 cm³/mol. The Labute approximate surface area is 174 Å². The van der Waals surface area contributed by atoms with Crippen molar-refractivity contribution < 1.29 is 23.5 Å². The summed E-state index contributed by atoms with van der Waals surface area (Å²) in [5.41, 5.74) is 1.00. The molecule has 2 amide bonds. The number of amides is 2. The van der Waals surface area contributed by atoms with Crippen LogP contribution in [0.1, 0.15) is 30.5 Å². The molecule has 2 heterocycles. The zero-order chi connectivity index (χ0) is 20.8. The van der Waals surface area contributed by atoms with Gasteiger partial charge in [-0.05, 0) is 24.6 Å². The molecule has 1 aliphatic heterocycles. The van der Waals surface area contributed by atoms with Gasteiger partial charge in [0.25, 0.3) is 5.91 Å². The van der Waals surface area contributed by atoms with Gasteiger partial charge in [-0.15, -0.1) is 11.8 Å². The van der Waals surface area contributed by atoms with E-state index >= 15 is 0 Å². The SMILES string of the molecule is CCN(Cc1ccccc1)C(=O)COC(=O)[C@@H]1CS[C@H](c2ccco2)N1C(C)=O. The van der Waals surface area contributed by atoms with Crippen LogP contribution in [0.2, 0.25) is 0 Å². The molecule has 0 aliphatic carbocycles. The summed E-state index contributed by atoms with van der Waals surface area (Å²) >= 11 is 1.43. The molecule has 8 heteroatoms. The van der Waals surface area contributed by atoms with E-state index in [-0.39, 0.29) is 23.8 Å². The minimum absolute atomic E-state index is 0.246. The molecule has 0 radical (unpaired) electrons. The number of hydrogen-bond acceptors (Lipinski definition) is 6. The van der Waals surface area contributed by atoms with Crippen LogP contribution in [0, 0.1) is 0 Å². The quantitative estimate of drug-likeness (QED) is 0.646. The smallest absolute Gasteiger partial charge is 0.330 e. The van der Waals surface area contributed by atoms with Crippen LogP contribution >= 0.6 is 11.8 Å². The van der Waals surface area contributed by atoms with Gasteiger partial charge in [-0.25, -0.2) is 4.79 Å². The fourth-order valence-electron chi connectivity index (χ4n) is 3.22. The summed E-state index contributed by atoms with van der Waals surface area (Å²) in [6.45, 7) is 3.89. The van der Waals surface area contributed by atoms with Gasteiger partial charge in [0.05, 0.1) is 6.26 Å². The van der Waals surface area contributed by atoms with E-state index in [1.165, 1.54) is 29.8 Å². The number of benzene rings is 1. The number of hydrogen-bond donors (Lipinski definition) is 0. The zero-order valence-electron chi connectivity index (χ0n) is 16.4. The summed E-state index contributed by atoms with van der Waals surface area (Å²) in [7, 11) is 0. The van der Waals surface area contributed by atoms with Crippen molar-refractivity contribution in [3.8, 4) is 0 Å². The minimum atomic E-state index is -0.746. The largest absolute Gasteiger partial charge is 0.466 e. The number of carbonyl (C=O) groups is 3. The molecule has 2 atom stereocenters. The normalized spacial score (nSPS) is 18.5. The highest BCUT2D eigenvalue weighted by molar-refractivity contribution is 7.99. The van der Waals surface area contributed by atoms with E-state index in [4.69, 9.17) is 9.15 Å². The van der Waals surface area contributed by atoms with Gasteiger partial charge < -0.3 is 19.0 Å².